The van der Waals surface area contributed by atoms with Gasteiger partial charge in [0.15, 0.2) is 18.1 Å². The Balaban J connectivity index is 1.29. The Hall–Kier alpha value is -3.42. The molecule has 0 unspecified atom stereocenters. The summed E-state index contributed by atoms with van der Waals surface area (Å²) >= 11 is 12.1. The van der Waals surface area contributed by atoms with Gasteiger partial charge < -0.3 is 24.3 Å². The molecule has 9 heteroatoms. The minimum atomic E-state index is -0.675. The van der Waals surface area contributed by atoms with Gasteiger partial charge in [0.1, 0.15) is 17.9 Å². The van der Waals surface area contributed by atoms with Crippen molar-refractivity contribution in [1.29, 1.82) is 0 Å². The molecule has 0 fully saturated rings. The van der Waals surface area contributed by atoms with Crippen LogP contribution in [0.25, 0.3) is 0 Å². The first-order chi connectivity index (χ1) is 16.0. The van der Waals surface area contributed by atoms with E-state index in [2.05, 4.69) is 5.32 Å². The van der Waals surface area contributed by atoms with Crippen LogP contribution >= 0.6 is 23.2 Å². The van der Waals surface area contributed by atoms with Crippen LogP contribution in [0, 0.1) is 0 Å². The predicted molar refractivity (Wildman–Crippen MR) is 122 cm³/mol. The largest absolute Gasteiger partial charge is 0.488 e. The molecule has 33 heavy (non-hydrogen) atoms. The number of para-hydroxylation sites is 1. The fraction of sp³-hybridized carbons (Fsp3) is 0.167. The Kier molecular flexibility index (Phi) is 7.22. The van der Waals surface area contributed by atoms with Crippen LogP contribution in [-0.4, -0.2) is 25.3 Å². The van der Waals surface area contributed by atoms with Crippen LogP contribution in [0.5, 0.6) is 17.2 Å². The summed E-state index contributed by atoms with van der Waals surface area (Å²) in [5.74, 6) is 0.496. The molecule has 0 radical (unpaired) electrons. The molecule has 1 amide bonds. The number of esters is 1. The van der Waals surface area contributed by atoms with Crippen molar-refractivity contribution in [1.82, 2.24) is 5.32 Å². The molecule has 1 aliphatic rings. The maximum absolute atomic E-state index is 12.5. The lowest BCUT2D eigenvalue weighted by Gasteiger charge is -2.12. The van der Waals surface area contributed by atoms with Gasteiger partial charge in [0.25, 0.3) is 5.91 Å². The number of carbonyl (C=O) groups is 2. The van der Waals surface area contributed by atoms with Gasteiger partial charge in [0.05, 0.1) is 0 Å². The van der Waals surface area contributed by atoms with Crippen LogP contribution in [0.15, 0.2) is 60.7 Å². The number of fused-ring (bicyclic) bond motifs is 1. The minimum absolute atomic E-state index is 0.135. The third-order valence-corrected chi connectivity index (χ3v) is 5.35. The Morgan fingerprint density at radius 3 is 2.64 bits per heavy atom. The monoisotopic (exact) mass is 487 g/mol. The van der Waals surface area contributed by atoms with Gasteiger partial charge in [0, 0.05) is 22.2 Å². The fourth-order valence-electron chi connectivity index (χ4n) is 3.07. The standard InChI is InChI=1S/C24H19Cl2NO6/c25-17-7-6-16(19(26)10-17)12-30-20-4-2-1-3-18(20)24(29)31-13-23(28)27-11-15-5-8-21-22(9-15)33-14-32-21/h1-10H,11-14H2,(H,27,28). The Morgan fingerprint density at radius 1 is 0.970 bits per heavy atom. The number of carbonyl (C=O) groups excluding carboxylic acids is 2. The summed E-state index contributed by atoms with van der Waals surface area (Å²) in [5, 5.41) is 3.68. The van der Waals surface area contributed by atoms with Gasteiger partial charge in [0.2, 0.25) is 6.79 Å². The quantitative estimate of drug-likeness (QED) is 0.460. The molecular weight excluding hydrogens is 469 g/mol. The molecule has 1 aliphatic heterocycles. The van der Waals surface area contributed by atoms with Gasteiger partial charge in [-0.15, -0.1) is 0 Å². The summed E-state index contributed by atoms with van der Waals surface area (Å²) < 4.78 is 21.5. The first-order valence-corrected chi connectivity index (χ1v) is 10.7. The highest BCUT2D eigenvalue weighted by molar-refractivity contribution is 6.35. The Bertz CT molecular complexity index is 1180. The average molecular weight is 488 g/mol. The molecule has 1 heterocycles. The van der Waals surface area contributed by atoms with Crippen molar-refractivity contribution < 1.29 is 28.5 Å². The molecule has 0 saturated carbocycles. The van der Waals surface area contributed by atoms with E-state index in [1.54, 1.807) is 54.6 Å². The van der Waals surface area contributed by atoms with E-state index in [0.29, 0.717) is 32.9 Å². The van der Waals surface area contributed by atoms with Crippen LogP contribution in [-0.2, 0) is 22.7 Å². The van der Waals surface area contributed by atoms with Crippen LogP contribution in [0.4, 0.5) is 0 Å². The fourth-order valence-corrected chi connectivity index (χ4v) is 3.53. The zero-order valence-corrected chi connectivity index (χ0v) is 18.8. The summed E-state index contributed by atoms with van der Waals surface area (Å²) in [6.07, 6.45) is 0. The van der Waals surface area contributed by atoms with E-state index in [4.69, 9.17) is 42.1 Å². The van der Waals surface area contributed by atoms with E-state index in [-0.39, 0.29) is 25.5 Å². The molecule has 0 aromatic heterocycles. The summed E-state index contributed by atoms with van der Waals surface area (Å²) in [4.78, 5) is 24.7. The second kappa shape index (κ2) is 10.5. The van der Waals surface area contributed by atoms with Gasteiger partial charge in [-0.2, -0.15) is 0 Å². The summed E-state index contributed by atoms with van der Waals surface area (Å²) in [7, 11) is 0. The topological polar surface area (TPSA) is 83.1 Å². The number of halogens is 2. The van der Waals surface area contributed by atoms with Gasteiger partial charge >= 0.3 is 5.97 Å². The summed E-state index contributed by atoms with van der Waals surface area (Å²) in [6, 6.07) is 17.1. The van der Waals surface area contributed by atoms with Crippen molar-refractivity contribution in [3.8, 4) is 17.2 Å². The molecule has 1 N–H and O–H groups in total. The first kappa shape index (κ1) is 22.8. The van der Waals surface area contributed by atoms with Crippen molar-refractivity contribution in [2.24, 2.45) is 0 Å². The normalized spacial score (nSPS) is 11.7. The molecule has 0 bridgehead atoms. The van der Waals surface area contributed by atoms with E-state index in [0.717, 1.165) is 5.56 Å². The molecule has 3 aromatic rings. The smallest absolute Gasteiger partial charge is 0.342 e. The minimum Gasteiger partial charge on any atom is -0.488 e. The maximum Gasteiger partial charge on any atom is 0.342 e. The van der Waals surface area contributed by atoms with Crippen molar-refractivity contribution in [3.05, 3.63) is 87.4 Å². The van der Waals surface area contributed by atoms with Crippen molar-refractivity contribution >= 4 is 35.1 Å². The number of ether oxygens (including phenoxy) is 4. The molecule has 0 saturated heterocycles. The third-order valence-electron chi connectivity index (χ3n) is 4.77. The van der Waals surface area contributed by atoms with Gasteiger partial charge in [-0.1, -0.05) is 47.5 Å². The van der Waals surface area contributed by atoms with Crippen LogP contribution in [0.3, 0.4) is 0 Å². The molecule has 170 valence electrons. The number of amides is 1. The highest BCUT2D eigenvalue weighted by Crippen LogP contribution is 2.32. The number of benzene rings is 3. The van der Waals surface area contributed by atoms with E-state index in [1.807, 2.05) is 6.07 Å². The number of nitrogens with one attached hydrogen (secondary N) is 1. The van der Waals surface area contributed by atoms with Crippen molar-refractivity contribution in [2.45, 2.75) is 13.2 Å². The summed E-state index contributed by atoms with van der Waals surface area (Å²) in [5.41, 5.74) is 1.75. The van der Waals surface area contributed by atoms with Crippen LogP contribution in [0.2, 0.25) is 10.0 Å². The van der Waals surface area contributed by atoms with Crippen LogP contribution in [0.1, 0.15) is 21.5 Å². The molecule has 0 spiro atoms. The van der Waals surface area contributed by atoms with Gasteiger partial charge in [-0.3, -0.25) is 4.79 Å². The predicted octanol–water partition coefficient (Wildman–Crippen LogP) is 4.77. The third kappa shape index (κ3) is 5.88. The van der Waals surface area contributed by atoms with E-state index >= 15 is 0 Å². The van der Waals surface area contributed by atoms with E-state index in [9.17, 15) is 9.59 Å². The Morgan fingerprint density at radius 2 is 1.79 bits per heavy atom. The molecule has 7 nitrogen and oxygen atoms in total. The average Bonchev–Trinajstić information content (AvgIpc) is 3.29. The number of rotatable bonds is 8. The van der Waals surface area contributed by atoms with Gasteiger partial charge in [-0.25, -0.2) is 4.79 Å². The molecule has 0 aliphatic carbocycles. The second-order valence-corrected chi connectivity index (χ2v) is 7.90. The van der Waals surface area contributed by atoms with E-state index < -0.39 is 18.5 Å². The molecule has 3 aromatic carbocycles. The lowest BCUT2D eigenvalue weighted by Crippen LogP contribution is -2.28. The molecular formula is C24H19Cl2NO6. The molecule has 0 atom stereocenters. The second-order valence-electron chi connectivity index (χ2n) is 7.06. The van der Waals surface area contributed by atoms with E-state index in [1.165, 1.54) is 0 Å². The number of hydrogen-bond acceptors (Lipinski definition) is 6. The zero-order chi connectivity index (χ0) is 23.2. The first-order valence-electron chi connectivity index (χ1n) is 9.98. The lowest BCUT2D eigenvalue weighted by molar-refractivity contribution is -0.124. The highest BCUT2D eigenvalue weighted by Gasteiger charge is 2.17. The highest BCUT2D eigenvalue weighted by atomic mass is 35.5. The molecule has 4 rings (SSSR count). The van der Waals surface area contributed by atoms with Crippen LogP contribution < -0.4 is 19.5 Å². The van der Waals surface area contributed by atoms with Gasteiger partial charge in [-0.05, 0) is 42.0 Å². The van der Waals surface area contributed by atoms with Crippen molar-refractivity contribution in [3.63, 3.8) is 0 Å². The summed E-state index contributed by atoms with van der Waals surface area (Å²) in [6.45, 7) is 0.143. The lowest BCUT2D eigenvalue weighted by atomic mass is 10.2. The zero-order valence-electron chi connectivity index (χ0n) is 17.3. The van der Waals surface area contributed by atoms with Crippen molar-refractivity contribution in [2.75, 3.05) is 13.4 Å². The number of hydrogen-bond donors (Lipinski definition) is 1. The SMILES string of the molecule is O=C(COC(=O)c1ccccc1OCc1ccc(Cl)cc1Cl)NCc1ccc2c(c1)OCO2. The maximum atomic E-state index is 12.5. The Labute approximate surface area is 200 Å².